The zero-order valence-corrected chi connectivity index (χ0v) is 22.1. The van der Waals surface area contributed by atoms with Crippen LogP contribution in [-0.2, 0) is 21.8 Å². The summed E-state index contributed by atoms with van der Waals surface area (Å²) in [6, 6.07) is 34.2. The lowest BCUT2D eigenvalue weighted by Gasteiger charge is -2.22. The first-order valence-electron chi connectivity index (χ1n) is 12.7. The molecule has 2 nitrogen and oxygen atoms in total. The van der Waals surface area contributed by atoms with Gasteiger partial charge in [-0.2, -0.15) is 0 Å². The largest absolute Gasteiger partial charge is 0.447 e. The van der Waals surface area contributed by atoms with E-state index in [1.807, 2.05) is 0 Å². The second-order valence-electron chi connectivity index (χ2n) is 9.03. The average Bonchev–Trinajstić information content (AvgIpc) is 2.93. The number of rotatable bonds is 7. The Morgan fingerprint density at radius 3 is 1.53 bits per heavy atom. The van der Waals surface area contributed by atoms with Gasteiger partial charge in [0.1, 0.15) is 21.8 Å². The van der Waals surface area contributed by atoms with E-state index in [0.717, 1.165) is 29.4 Å². The van der Waals surface area contributed by atoms with Crippen molar-refractivity contribution < 1.29 is 9.47 Å². The zero-order chi connectivity index (χ0) is 24.3. The molecule has 0 bridgehead atoms. The van der Waals surface area contributed by atoms with Gasteiger partial charge in [-0.15, -0.1) is 0 Å². The predicted molar refractivity (Wildman–Crippen MR) is 151 cm³/mol. The van der Waals surface area contributed by atoms with Gasteiger partial charge < -0.3 is 9.47 Å². The van der Waals surface area contributed by atoms with Crippen LogP contribution in [0.3, 0.4) is 0 Å². The maximum Gasteiger partial charge on any atom is 0.208 e. The van der Waals surface area contributed by atoms with Gasteiger partial charge >= 0.3 is 0 Å². The van der Waals surface area contributed by atoms with Gasteiger partial charge in [-0.25, -0.2) is 0 Å². The fourth-order valence-electron chi connectivity index (χ4n) is 4.79. The monoisotopic (exact) mass is 510 g/mol. The first kappa shape index (κ1) is 23.3. The van der Waals surface area contributed by atoms with Crippen LogP contribution < -0.4 is 9.47 Å². The molecule has 0 radical (unpaired) electrons. The van der Waals surface area contributed by atoms with Crippen molar-refractivity contribution in [1.29, 1.82) is 0 Å². The molecule has 4 aromatic carbocycles. The minimum atomic E-state index is -0.208. The van der Waals surface area contributed by atoms with Gasteiger partial charge in [0, 0.05) is 6.42 Å². The lowest BCUT2D eigenvalue weighted by Crippen LogP contribution is -2.16. The number of fused-ring (bicyclic) bond motifs is 4. The van der Waals surface area contributed by atoms with E-state index in [2.05, 4.69) is 109 Å². The third-order valence-corrected chi connectivity index (χ3v) is 11.2. The second-order valence-corrected chi connectivity index (χ2v) is 12.8. The Bertz CT molecular complexity index is 1320. The summed E-state index contributed by atoms with van der Waals surface area (Å²) in [5.41, 5.74) is 0. The van der Waals surface area contributed by atoms with Crippen LogP contribution in [0.1, 0.15) is 39.0 Å². The Kier molecular flexibility index (Phi) is 6.80. The molecular weight excluding hydrogens is 480 g/mol. The molecule has 0 aromatic heterocycles. The van der Waals surface area contributed by atoms with Gasteiger partial charge in [0.25, 0.3) is 0 Å². The molecule has 0 spiro atoms. The van der Waals surface area contributed by atoms with Crippen molar-refractivity contribution in [3.05, 3.63) is 107 Å². The summed E-state index contributed by atoms with van der Waals surface area (Å²) >= 11 is 0. The van der Waals surface area contributed by atoms with Crippen LogP contribution in [0.15, 0.2) is 127 Å². The van der Waals surface area contributed by atoms with E-state index in [-0.39, 0.29) is 21.8 Å². The van der Waals surface area contributed by atoms with E-state index in [4.69, 9.17) is 9.47 Å². The molecule has 0 aliphatic carbocycles. The fourth-order valence-corrected chi connectivity index (χ4v) is 9.64. The number of unbranched alkanes of at least 4 members (excludes halogenated alkanes) is 3. The van der Waals surface area contributed by atoms with Crippen LogP contribution in [0, 0.1) is 0 Å². The van der Waals surface area contributed by atoms with E-state index < -0.39 is 0 Å². The average molecular weight is 511 g/mol. The van der Waals surface area contributed by atoms with E-state index >= 15 is 0 Å². The Morgan fingerprint density at radius 1 is 0.583 bits per heavy atom. The van der Waals surface area contributed by atoms with Crippen molar-refractivity contribution in [1.82, 2.24) is 0 Å². The molecule has 0 atom stereocenters. The van der Waals surface area contributed by atoms with Crippen LogP contribution in [0.4, 0.5) is 0 Å². The number of benzene rings is 4. The molecule has 0 N–H and O–H groups in total. The molecule has 0 saturated heterocycles. The summed E-state index contributed by atoms with van der Waals surface area (Å²) in [6.07, 6.45) is 6.07. The first-order valence-corrected chi connectivity index (χ1v) is 15.2. The van der Waals surface area contributed by atoms with Crippen LogP contribution in [0.5, 0.6) is 23.0 Å². The molecule has 2 aliphatic rings. The van der Waals surface area contributed by atoms with Gasteiger partial charge in [0.05, 0.1) is 0 Å². The van der Waals surface area contributed by atoms with Crippen LogP contribution >= 0.6 is 0 Å². The third-order valence-electron chi connectivity index (χ3n) is 6.54. The quantitative estimate of drug-likeness (QED) is 0.182. The Hall–Kier alpha value is -3.08. The molecule has 6 rings (SSSR count). The van der Waals surface area contributed by atoms with Crippen LogP contribution in [-0.4, -0.2) is 0 Å². The van der Waals surface area contributed by atoms with Crippen molar-refractivity contribution in [3.63, 3.8) is 0 Å². The van der Waals surface area contributed by atoms with E-state index in [1.54, 1.807) is 0 Å². The highest BCUT2D eigenvalue weighted by atomic mass is 32.2. The summed E-state index contributed by atoms with van der Waals surface area (Å²) < 4.78 is 12.7. The minimum absolute atomic E-state index is 0.191. The summed E-state index contributed by atoms with van der Waals surface area (Å²) in [5.74, 6) is 3.90. The van der Waals surface area contributed by atoms with Crippen molar-refractivity contribution in [2.75, 3.05) is 0 Å². The first-order chi connectivity index (χ1) is 17.8. The molecule has 2 aliphatic heterocycles. The topological polar surface area (TPSA) is 18.5 Å². The minimum Gasteiger partial charge on any atom is -0.447 e. The molecular formula is C32H30O2S2+2. The van der Waals surface area contributed by atoms with Crippen LogP contribution in [0.25, 0.3) is 0 Å². The van der Waals surface area contributed by atoms with Gasteiger partial charge in [0.15, 0.2) is 33.3 Å². The SMILES string of the molecule is CCCCCC/C(=C\[S+]1c2ccccc2Oc2ccccc21)[S+]1c2ccccc2Oc2ccccc21. The zero-order valence-electron chi connectivity index (χ0n) is 20.5. The fraction of sp³-hybridized carbons (Fsp3) is 0.188. The number of para-hydroxylation sites is 4. The lowest BCUT2D eigenvalue weighted by molar-refractivity contribution is 0.452. The Balaban J connectivity index is 1.52. The van der Waals surface area contributed by atoms with E-state index in [9.17, 15) is 0 Å². The lowest BCUT2D eigenvalue weighted by atomic mass is 10.1. The summed E-state index contributed by atoms with van der Waals surface area (Å²) in [5, 5.41) is 2.58. The molecule has 0 unspecified atom stereocenters. The molecule has 0 fully saturated rings. The van der Waals surface area contributed by atoms with E-state index in [1.165, 1.54) is 50.2 Å². The summed E-state index contributed by atoms with van der Waals surface area (Å²) in [7, 11) is -0.399. The molecule has 4 aromatic rings. The number of ether oxygens (including phenoxy) is 2. The molecule has 36 heavy (non-hydrogen) atoms. The molecule has 0 saturated carbocycles. The Labute approximate surface area is 219 Å². The highest BCUT2D eigenvalue weighted by Gasteiger charge is 2.44. The number of allylic oxidation sites excluding steroid dienone is 1. The highest BCUT2D eigenvalue weighted by Crippen LogP contribution is 2.50. The maximum absolute atomic E-state index is 6.37. The van der Waals surface area contributed by atoms with Gasteiger partial charge in [-0.1, -0.05) is 74.7 Å². The van der Waals surface area contributed by atoms with Crippen molar-refractivity contribution in [2.24, 2.45) is 0 Å². The molecule has 4 heteroatoms. The Morgan fingerprint density at radius 2 is 1.03 bits per heavy atom. The van der Waals surface area contributed by atoms with E-state index in [0.29, 0.717) is 0 Å². The number of hydrogen-bond acceptors (Lipinski definition) is 2. The smallest absolute Gasteiger partial charge is 0.208 e. The van der Waals surface area contributed by atoms with Crippen LogP contribution in [0.2, 0.25) is 0 Å². The normalized spacial score (nSPS) is 14.6. The molecule has 0 amide bonds. The third kappa shape index (κ3) is 4.44. The van der Waals surface area contributed by atoms with Gasteiger partial charge in [-0.3, -0.25) is 0 Å². The number of hydrogen-bond donors (Lipinski definition) is 0. The standard InChI is InChI=1S/C32H30O2S2/c1-2-3-4-5-14-24(36-31-21-12-8-17-27(31)34-28-18-9-13-22-32(28)36)23-35-29-19-10-6-15-25(29)33-26-16-7-11-20-30(26)35/h6-13,15-23H,2-5,14H2,1H3/q+2/b24-23+. The second kappa shape index (κ2) is 10.5. The van der Waals surface area contributed by atoms with Gasteiger partial charge in [0.2, 0.25) is 19.6 Å². The molecule has 180 valence electrons. The summed E-state index contributed by atoms with van der Waals surface area (Å²) in [6.45, 7) is 2.28. The van der Waals surface area contributed by atoms with Crippen molar-refractivity contribution in [3.8, 4) is 23.0 Å². The predicted octanol–water partition coefficient (Wildman–Crippen LogP) is 9.48. The summed E-state index contributed by atoms with van der Waals surface area (Å²) in [4.78, 5) is 6.61. The van der Waals surface area contributed by atoms with Crippen molar-refractivity contribution >= 4 is 21.8 Å². The highest BCUT2D eigenvalue weighted by molar-refractivity contribution is 8.04. The van der Waals surface area contributed by atoms with Gasteiger partial charge in [-0.05, 0) is 55.0 Å². The molecule has 2 heterocycles. The van der Waals surface area contributed by atoms with Crippen molar-refractivity contribution in [2.45, 2.75) is 58.6 Å². The maximum atomic E-state index is 6.37.